The molecule has 0 bridgehead atoms. The Bertz CT molecular complexity index is 819. The summed E-state index contributed by atoms with van der Waals surface area (Å²) in [4.78, 5) is 25.0. The lowest BCUT2D eigenvalue weighted by Crippen LogP contribution is -2.22. The fraction of sp³-hybridized carbons (Fsp3) is 0.250. The molecule has 1 aromatic carbocycles. The molecule has 0 atom stereocenters. The van der Waals surface area contributed by atoms with E-state index < -0.39 is 11.9 Å². The quantitative estimate of drug-likeness (QED) is 0.776. The molecule has 1 aromatic heterocycles. The molecule has 0 saturated carbocycles. The molecule has 6 nitrogen and oxygen atoms in total. The van der Waals surface area contributed by atoms with E-state index in [1.54, 1.807) is 12.1 Å². The predicted molar refractivity (Wildman–Crippen MR) is 95.0 cm³/mol. The topological polar surface area (TPSA) is 93.5 Å². The lowest BCUT2D eigenvalue weighted by atomic mass is 10.1. The molecule has 0 spiro atoms. The van der Waals surface area contributed by atoms with Gasteiger partial charge in [-0.2, -0.15) is 0 Å². The molecule has 4 N–H and O–H groups in total. The van der Waals surface area contributed by atoms with E-state index in [0.717, 1.165) is 16.0 Å². The van der Waals surface area contributed by atoms with Gasteiger partial charge in [-0.05, 0) is 36.6 Å². The van der Waals surface area contributed by atoms with Gasteiger partial charge in [0.1, 0.15) is 5.00 Å². The Morgan fingerprint density at radius 3 is 2.88 bits per heavy atom. The van der Waals surface area contributed by atoms with Crippen molar-refractivity contribution in [1.29, 1.82) is 0 Å². The Balaban J connectivity index is 1.83. The van der Waals surface area contributed by atoms with Gasteiger partial charge in [0.05, 0.1) is 18.8 Å². The fourth-order valence-electron chi connectivity index (χ4n) is 2.57. The maximum atomic E-state index is 12.3. The number of rotatable bonds is 3. The van der Waals surface area contributed by atoms with Crippen LogP contribution in [-0.4, -0.2) is 18.5 Å². The summed E-state index contributed by atoms with van der Waals surface area (Å²) in [5, 5.41) is 6.41. The van der Waals surface area contributed by atoms with Crippen LogP contribution in [0.3, 0.4) is 0 Å². The minimum Gasteiger partial charge on any atom is -0.376 e. The SMILES string of the molecule is Cc1ccc(Cl)cc1NC(=O)Nc1sc2c(c1C(N)=O)CCOC2. The average Bonchev–Trinajstić information content (AvgIpc) is 2.88. The lowest BCUT2D eigenvalue weighted by Gasteiger charge is -2.12. The third-order valence-corrected chi connectivity index (χ3v) is 5.10. The zero-order chi connectivity index (χ0) is 17.3. The molecular formula is C16H16ClN3O3S. The van der Waals surface area contributed by atoms with Crippen LogP contribution in [0.2, 0.25) is 5.02 Å². The Kier molecular flexibility index (Phi) is 4.75. The third kappa shape index (κ3) is 3.38. The standard InChI is InChI=1S/C16H16ClN3O3S/c1-8-2-3-9(17)6-11(8)19-16(22)20-15-13(14(18)21)10-4-5-23-7-12(10)24-15/h2-3,6H,4-5,7H2,1H3,(H2,18,21)(H2,19,20,22). The second-order valence-electron chi connectivity index (χ2n) is 5.41. The molecule has 0 radical (unpaired) electrons. The van der Waals surface area contributed by atoms with Gasteiger partial charge in [-0.25, -0.2) is 4.79 Å². The summed E-state index contributed by atoms with van der Waals surface area (Å²) >= 11 is 7.26. The molecule has 24 heavy (non-hydrogen) atoms. The maximum absolute atomic E-state index is 12.3. The van der Waals surface area contributed by atoms with E-state index in [-0.39, 0.29) is 0 Å². The Hall–Kier alpha value is -2.09. The molecule has 3 amide bonds. The van der Waals surface area contributed by atoms with Gasteiger partial charge < -0.3 is 15.8 Å². The molecule has 2 aromatic rings. The number of urea groups is 1. The molecule has 126 valence electrons. The van der Waals surface area contributed by atoms with Crippen molar-refractivity contribution >= 4 is 45.6 Å². The van der Waals surface area contributed by atoms with Crippen LogP contribution in [-0.2, 0) is 17.8 Å². The van der Waals surface area contributed by atoms with Crippen molar-refractivity contribution in [2.45, 2.75) is 20.0 Å². The summed E-state index contributed by atoms with van der Waals surface area (Å²) in [6.45, 7) is 2.83. The molecule has 0 saturated heterocycles. The second kappa shape index (κ2) is 6.80. The number of nitrogens with two attached hydrogens (primary N) is 1. The number of hydrogen-bond donors (Lipinski definition) is 3. The van der Waals surface area contributed by atoms with Gasteiger partial charge >= 0.3 is 6.03 Å². The van der Waals surface area contributed by atoms with Crippen molar-refractivity contribution in [3.8, 4) is 0 Å². The highest BCUT2D eigenvalue weighted by molar-refractivity contribution is 7.17. The zero-order valence-corrected chi connectivity index (χ0v) is 14.5. The van der Waals surface area contributed by atoms with Gasteiger partial charge in [0.25, 0.3) is 5.91 Å². The number of carbonyl (C=O) groups is 2. The summed E-state index contributed by atoms with van der Waals surface area (Å²) in [5.41, 5.74) is 8.21. The van der Waals surface area contributed by atoms with Crippen LogP contribution in [0, 0.1) is 6.92 Å². The van der Waals surface area contributed by atoms with E-state index in [1.165, 1.54) is 11.3 Å². The Labute approximate surface area is 147 Å². The zero-order valence-electron chi connectivity index (χ0n) is 12.9. The number of halogens is 1. The highest BCUT2D eigenvalue weighted by Crippen LogP contribution is 2.36. The van der Waals surface area contributed by atoms with Gasteiger partial charge in [0.2, 0.25) is 0 Å². The van der Waals surface area contributed by atoms with E-state index >= 15 is 0 Å². The van der Waals surface area contributed by atoms with Crippen LogP contribution in [0.4, 0.5) is 15.5 Å². The van der Waals surface area contributed by atoms with Gasteiger partial charge in [0, 0.05) is 15.6 Å². The van der Waals surface area contributed by atoms with Crippen LogP contribution in [0.25, 0.3) is 0 Å². The van der Waals surface area contributed by atoms with Crippen molar-refractivity contribution in [2.24, 2.45) is 5.73 Å². The maximum Gasteiger partial charge on any atom is 0.324 e. The number of fused-ring (bicyclic) bond motifs is 1. The monoisotopic (exact) mass is 365 g/mol. The number of anilines is 2. The first-order chi connectivity index (χ1) is 11.5. The van der Waals surface area contributed by atoms with Crippen LogP contribution >= 0.6 is 22.9 Å². The van der Waals surface area contributed by atoms with E-state index in [4.69, 9.17) is 22.1 Å². The molecule has 0 unspecified atom stereocenters. The van der Waals surface area contributed by atoms with Crippen molar-refractivity contribution in [3.63, 3.8) is 0 Å². The molecule has 1 aliphatic rings. The normalized spacial score (nSPS) is 13.2. The highest BCUT2D eigenvalue weighted by atomic mass is 35.5. The molecule has 0 aliphatic carbocycles. The number of benzene rings is 1. The lowest BCUT2D eigenvalue weighted by molar-refractivity contribution is 0.0991. The number of primary amides is 1. The Morgan fingerprint density at radius 2 is 2.12 bits per heavy atom. The van der Waals surface area contributed by atoms with Crippen molar-refractivity contribution in [3.05, 3.63) is 44.8 Å². The fourth-order valence-corrected chi connectivity index (χ4v) is 3.92. The van der Waals surface area contributed by atoms with E-state index in [9.17, 15) is 9.59 Å². The molecule has 1 aliphatic heterocycles. The second-order valence-corrected chi connectivity index (χ2v) is 6.95. The number of ether oxygens (including phenoxy) is 1. The van der Waals surface area contributed by atoms with E-state index in [0.29, 0.717) is 40.9 Å². The smallest absolute Gasteiger partial charge is 0.324 e. The van der Waals surface area contributed by atoms with Crippen molar-refractivity contribution < 1.29 is 14.3 Å². The van der Waals surface area contributed by atoms with Crippen molar-refractivity contribution in [1.82, 2.24) is 0 Å². The van der Waals surface area contributed by atoms with Gasteiger partial charge in [0.15, 0.2) is 0 Å². The van der Waals surface area contributed by atoms with E-state index in [2.05, 4.69) is 10.6 Å². The summed E-state index contributed by atoms with van der Waals surface area (Å²) in [5.74, 6) is -0.552. The summed E-state index contributed by atoms with van der Waals surface area (Å²) in [6, 6.07) is 4.77. The largest absolute Gasteiger partial charge is 0.376 e. The molecule has 2 heterocycles. The summed E-state index contributed by atoms with van der Waals surface area (Å²) < 4.78 is 5.39. The molecular weight excluding hydrogens is 350 g/mol. The first kappa shape index (κ1) is 16.8. The number of thiophene rings is 1. The summed E-state index contributed by atoms with van der Waals surface area (Å²) in [7, 11) is 0. The minimum atomic E-state index is -0.552. The van der Waals surface area contributed by atoms with Crippen LogP contribution in [0.15, 0.2) is 18.2 Å². The highest BCUT2D eigenvalue weighted by Gasteiger charge is 2.25. The number of aryl methyl sites for hydroxylation is 1. The van der Waals surface area contributed by atoms with Crippen molar-refractivity contribution in [2.75, 3.05) is 17.2 Å². The first-order valence-corrected chi connectivity index (χ1v) is 8.51. The molecule has 0 fully saturated rings. The van der Waals surface area contributed by atoms with Crippen LogP contribution in [0.1, 0.15) is 26.4 Å². The van der Waals surface area contributed by atoms with Gasteiger partial charge in [-0.3, -0.25) is 10.1 Å². The average molecular weight is 366 g/mol. The number of amides is 3. The Morgan fingerprint density at radius 1 is 1.33 bits per heavy atom. The molecule has 3 rings (SSSR count). The number of nitrogens with one attached hydrogen (secondary N) is 2. The number of carbonyl (C=O) groups excluding carboxylic acids is 2. The van der Waals surface area contributed by atoms with Crippen LogP contribution in [0.5, 0.6) is 0 Å². The van der Waals surface area contributed by atoms with Gasteiger partial charge in [-0.15, -0.1) is 11.3 Å². The van der Waals surface area contributed by atoms with E-state index in [1.807, 2.05) is 13.0 Å². The first-order valence-electron chi connectivity index (χ1n) is 7.32. The molecule has 8 heteroatoms. The minimum absolute atomic E-state index is 0.372. The number of hydrogen-bond acceptors (Lipinski definition) is 4. The third-order valence-electron chi connectivity index (χ3n) is 3.74. The van der Waals surface area contributed by atoms with Gasteiger partial charge in [-0.1, -0.05) is 17.7 Å². The predicted octanol–water partition coefficient (Wildman–Crippen LogP) is 3.53. The summed E-state index contributed by atoms with van der Waals surface area (Å²) in [6.07, 6.45) is 0.612. The van der Waals surface area contributed by atoms with Crippen LogP contribution < -0.4 is 16.4 Å².